The van der Waals surface area contributed by atoms with Gasteiger partial charge in [-0.25, -0.2) is 0 Å². The normalized spacial score (nSPS) is 11.9. The second-order valence-electron chi connectivity index (χ2n) is 7.65. The van der Waals surface area contributed by atoms with E-state index in [1.165, 1.54) is 0 Å². The molecule has 6 nitrogen and oxygen atoms in total. The topological polar surface area (TPSA) is 70.7 Å². The molecule has 1 unspecified atom stereocenters. The standard InChI is InChI=1S/C25H29N3O3/c1-28(2)23(19-11-13-21(31-3)14-12-19)16-26-25(30)17-27-24(29)15-20-9-6-8-18-7-4-5-10-22(18)20/h4-14,23H,15-17H2,1-3H3,(H,26,30)(H,27,29). The van der Waals surface area contributed by atoms with E-state index in [1.807, 2.05) is 85.7 Å². The first-order valence-electron chi connectivity index (χ1n) is 10.3. The van der Waals surface area contributed by atoms with Gasteiger partial charge in [0.05, 0.1) is 26.1 Å². The van der Waals surface area contributed by atoms with Crippen LogP contribution in [-0.2, 0) is 16.0 Å². The van der Waals surface area contributed by atoms with Crippen LogP contribution in [0.5, 0.6) is 5.75 Å². The predicted molar refractivity (Wildman–Crippen MR) is 123 cm³/mol. The van der Waals surface area contributed by atoms with E-state index >= 15 is 0 Å². The Hall–Kier alpha value is -3.38. The molecule has 3 rings (SSSR count). The Morgan fingerprint density at radius 3 is 2.32 bits per heavy atom. The predicted octanol–water partition coefficient (Wildman–Crippen LogP) is 2.93. The van der Waals surface area contributed by atoms with Gasteiger partial charge in [-0.1, -0.05) is 54.6 Å². The van der Waals surface area contributed by atoms with Gasteiger partial charge >= 0.3 is 0 Å². The molecule has 1 atom stereocenters. The number of fused-ring (bicyclic) bond motifs is 1. The summed E-state index contributed by atoms with van der Waals surface area (Å²) in [5, 5.41) is 7.79. The molecule has 6 heteroatoms. The number of ether oxygens (including phenoxy) is 1. The lowest BCUT2D eigenvalue weighted by Gasteiger charge is -2.25. The third-order valence-corrected chi connectivity index (χ3v) is 5.29. The number of hydrogen-bond donors (Lipinski definition) is 2. The molecule has 0 spiro atoms. The van der Waals surface area contributed by atoms with Crippen LogP contribution >= 0.6 is 0 Å². The van der Waals surface area contributed by atoms with Crippen LogP contribution in [0.2, 0.25) is 0 Å². The van der Waals surface area contributed by atoms with Crippen molar-refractivity contribution < 1.29 is 14.3 Å². The van der Waals surface area contributed by atoms with Crippen molar-refractivity contribution in [2.75, 3.05) is 34.3 Å². The molecule has 3 aromatic carbocycles. The second-order valence-corrected chi connectivity index (χ2v) is 7.65. The Morgan fingerprint density at radius 1 is 0.903 bits per heavy atom. The first-order chi connectivity index (χ1) is 15.0. The summed E-state index contributed by atoms with van der Waals surface area (Å²) >= 11 is 0. The Kier molecular flexibility index (Phi) is 7.62. The zero-order chi connectivity index (χ0) is 22.2. The van der Waals surface area contributed by atoms with E-state index in [-0.39, 0.29) is 30.8 Å². The molecular weight excluding hydrogens is 390 g/mol. The van der Waals surface area contributed by atoms with Crippen LogP contribution in [0.1, 0.15) is 17.2 Å². The molecule has 0 bridgehead atoms. The first kappa shape index (κ1) is 22.3. The Bertz CT molecular complexity index is 1030. The van der Waals surface area contributed by atoms with E-state index in [4.69, 9.17) is 4.74 Å². The quantitative estimate of drug-likeness (QED) is 0.560. The van der Waals surface area contributed by atoms with Crippen molar-refractivity contribution >= 4 is 22.6 Å². The number of nitrogens with zero attached hydrogens (tertiary/aromatic N) is 1. The molecule has 0 aliphatic carbocycles. The molecule has 0 radical (unpaired) electrons. The van der Waals surface area contributed by atoms with E-state index in [1.54, 1.807) is 7.11 Å². The van der Waals surface area contributed by atoms with Crippen molar-refractivity contribution in [2.24, 2.45) is 0 Å². The third kappa shape index (κ3) is 6.06. The molecule has 162 valence electrons. The minimum atomic E-state index is -0.216. The van der Waals surface area contributed by atoms with Crippen LogP contribution in [-0.4, -0.2) is 51.0 Å². The van der Waals surface area contributed by atoms with E-state index < -0.39 is 0 Å². The average molecular weight is 420 g/mol. The Morgan fingerprint density at radius 2 is 1.61 bits per heavy atom. The van der Waals surface area contributed by atoms with Crippen LogP contribution in [0.4, 0.5) is 0 Å². The van der Waals surface area contributed by atoms with Crippen LogP contribution in [0.15, 0.2) is 66.7 Å². The van der Waals surface area contributed by atoms with Crippen molar-refractivity contribution in [2.45, 2.75) is 12.5 Å². The highest BCUT2D eigenvalue weighted by molar-refractivity contribution is 5.91. The van der Waals surface area contributed by atoms with Crippen molar-refractivity contribution in [3.05, 3.63) is 77.9 Å². The highest BCUT2D eigenvalue weighted by Gasteiger charge is 2.16. The fourth-order valence-electron chi connectivity index (χ4n) is 3.56. The Balaban J connectivity index is 1.51. The zero-order valence-electron chi connectivity index (χ0n) is 18.2. The number of amides is 2. The lowest BCUT2D eigenvalue weighted by Crippen LogP contribution is -2.41. The van der Waals surface area contributed by atoms with E-state index in [2.05, 4.69) is 10.6 Å². The van der Waals surface area contributed by atoms with Crippen molar-refractivity contribution in [1.29, 1.82) is 0 Å². The summed E-state index contributed by atoms with van der Waals surface area (Å²) in [6.07, 6.45) is 0.237. The van der Waals surface area contributed by atoms with Crippen LogP contribution in [0.25, 0.3) is 10.8 Å². The summed E-state index contributed by atoms with van der Waals surface area (Å²) < 4.78 is 5.20. The van der Waals surface area contributed by atoms with Gasteiger partial charge in [0.2, 0.25) is 11.8 Å². The minimum absolute atomic E-state index is 0.0150. The van der Waals surface area contributed by atoms with Gasteiger partial charge in [0.1, 0.15) is 5.75 Å². The monoisotopic (exact) mass is 419 g/mol. The molecule has 0 heterocycles. The van der Waals surface area contributed by atoms with Gasteiger partial charge in [0, 0.05) is 6.54 Å². The van der Waals surface area contributed by atoms with Gasteiger partial charge in [-0.15, -0.1) is 0 Å². The maximum Gasteiger partial charge on any atom is 0.239 e. The van der Waals surface area contributed by atoms with Gasteiger partial charge < -0.3 is 20.3 Å². The summed E-state index contributed by atoms with van der Waals surface area (Å²) in [5.41, 5.74) is 2.02. The number of hydrogen-bond acceptors (Lipinski definition) is 4. The zero-order valence-corrected chi connectivity index (χ0v) is 18.2. The van der Waals surface area contributed by atoms with Crippen molar-refractivity contribution in [3.8, 4) is 5.75 Å². The summed E-state index contributed by atoms with van der Waals surface area (Å²) in [6.45, 7) is 0.393. The second kappa shape index (κ2) is 10.6. The molecule has 0 fully saturated rings. The number of methoxy groups -OCH3 is 1. The summed E-state index contributed by atoms with van der Waals surface area (Å²) in [7, 11) is 5.56. The largest absolute Gasteiger partial charge is 0.497 e. The van der Waals surface area contributed by atoms with E-state index in [0.29, 0.717) is 6.54 Å². The van der Waals surface area contributed by atoms with Gasteiger partial charge in [0.15, 0.2) is 0 Å². The van der Waals surface area contributed by atoms with Crippen LogP contribution in [0.3, 0.4) is 0 Å². The Labute approximate surface area is 183 Å². The van der Waals surface area contributed by atoms with Gasteiger partial charge in [0.25, 0.3) is 0 Å². The van der Waals surface area contributed by atoms with Gasteiger partial charge in [-0.3, -0.25) is 9.59 Å². The molecule has 0 aliphatic heterocycles. The van der Waals surface area contributed by atoms with E-state index in [9.17, 15) is 9.59 Å². The van der Waals surface area contributed by atoms with Gasteiger partial charge in [-0.2, -0.15) is 0 Å². The molecule has 0 aliphatic rings. The number of likely N-dealkylation sites (N-methyl/N-ethyl adjacent to an activating group) is 1. The number of carbonyl (C=O) groups excluding carboxylic acids is 2. The highest BCUT2D eigenvalue weighted by Crippen LogP contribution is 2.21. The number of carbonyl (C=O) groups is 2. The smallest absolute Gasteiger partial charge is 0.239 e. The van der Waals surface area contributed by atoms with E-state index in [0.717, 1.165) is 27.6 Å². The highest BCUT2D eigenvalue weighted by atomic mass is 16.5. The summed E-state index contributed by atoms with van der Waals surface area (Å²) in [4.78, 5) is 26.7. The average Bonchev–Trinajstić information content (AvgIpc) is 2.78. The van der Waals surface area contributed by atoms with Crippen molar-refractivity contribution in [1.82, 2.24) is 15.5 Å². The molecular formula is C25H29N3O3. The number of nitrogens with one attached hydrogen (secondary N) is 2. The maximum atomic E-state index is 12.4. The first-order valence-corrected chi connectivity index (χ1v) is 10.3. The molecule has 2 amide bonds. The molecule has 0 aromatic heterocycles. The lowest BCUT2D eigenvalue weighted by atomic mass is 10.0. The molecule has 31 heavy (non-hydrogen) atoms. The fraction of sp³-hybridized carbons (Fsp3) is 0.280. The van der Waals surface area contributed by atoms with Crippen molar-refractivity contribution in [3.63, 3.8) is 0 Å². The maximum absolute atomic E-state index is 12.4. The lowest BCUT2D eigenvalue weighted by molar-refractivity contribution is -0.125. The summed E-state index contributed by atoms with van der Waals surface area (Å²) in [5.74, 6) is 0.400. The molecule has 3 aromatic rings. The SMILES string of the molecule is COc1ccc(C(CNC(=O)CNC(=O)Cc2cccc3ccccc23)N(C)C)cc1. The molecule has 0 saturated heterocycles. The van der Waals surface area contributed by atoms with Crippen LogP contribution in [0, 0.1) is 0 Å². The molecule has 0 saturated carbocycles. The number of rotatable bonds is 9. The number of benzene rings is 3. The summed E-state index contributed by atoms with van der Waals surface area (Å²) in [6, 6.07) is 21.7. The fourth-order valence-corrected chi connectivity index (χ4v) is 3.56. The third-order valence-electron chi connectivity index (χ3n) is 5.29. The van der Waals surface area contributed by atoms with Crippen LogP contribution < -0.4 is 15.4 Å². The minimum Gasteiger partial charge on any atom is -0.497 e. The molecule has 2 N–H and O–H groups in total. The van der Waals surface area contributed by atoms with Gasteiger partial charge in [-0.05, 0) is 48.1 Å².